The van der Waals surface area contributed by atoms with Gasteiger partial charge in [0, 0.05) is 43.7 Å². The highest BCUT2D eigenvalue weighted by atomic mass is 16.3. The van der Waals surface area contributed by atoms with Gasteiger partial charge in [-0.05, 0) is 169 Å². The zero-order valence-electron chi connectivity index (χ0n) is 40.4. The van der Waals surface area contributed by atoms with E-state index >= 15 is 0 Å². The fourth-order valence-corrected chi connectivity index (χ4v) is 11.3. The average Bonchev–Trinajstić information content (AvgIpc) is 3.93. The second-order valence-corrected chi connectivity index (χ2v) is 19.3. The Morgan fingerprint density at radius 2 is 0.706 bits per heavy atom. The number of para-hydroxylation sites is 4. The lowest BCUT2D eigenvalue weighted by Gasteiger charge is -2.30. The first kappa shape index (κ1) is 41.8. The van der Waals surface area contributed by atoms with Crippen LogP contribution < -0.4 is 9.80 Å². The Balaban J connectivity index is 1.14. The van der Waals surface area contributed by atoms with Gasteiger partial charge in [-0.15, -0.1) is 0 Å². The number of anilines is 6. The third-order valence-corrected chi connectivity index (χ3v) is 15.1. The molecule has 0 bridgehead atoms. The number of nitrogens with zero attached hydrogens (tertiary/aromatic N) is 2. The first-order chi connectivity index (χ1) is 33.1. The summed E-state index contributed by atoms with van der Waals surface area (Å²) < 4.78 is 14.1. The number of hydrogen-bond donors (Lipinski definition) is 0. The predicted octanol–water partition coefficient (Wildman–Crippen LogP) is 19.1. The van der Waals surface area contributed by atoms with E-state index < -0.39 is 0 Å². The third-order valence-electron chi connectivity index (χ3n) is 15.1. The van der Waals surface area contributed by atoms with E-state index in [0.29, 0.717) is 0 Å². The van der Waals surface area contributed by atoms with Crippen molar-refractivity contribution < 1.29 is 8.83 Å². The summed E-state index contributed by atoms with van der Waals surface area (Å²) in [6.07, 6.45) is 4.05. The van der Waals surface area contributed by atoms with E-state index in [2.05, 4.69) is 211 Å². The number of rotatable bonds is 10. The normalized spacial score (nSPS) is 12.1. The summed E-state index contributed by atoms with van der Waals surface area (Å²) in [6.45, 7) is 17.8. The van der Waals surface area contributed by atoms with Crippen LogP contribution in [0.15, 0.2) is 154 Å². The van der Waals surface area contributed by atoms with Crippen LogP contribution in [-0.4, -0.2) is 0 Å². The molecule has 0 spiro atoms. The van der Waals surface area contributed by atoms with E-state index in [9.17, 15) is 0 Å². The molecule has 68 heavy (non-hydrogen) atoms. The Kier molecular flexibility index (Phi) is 9.88. The topological polar surface area (TPSA) is 32.8 Å². The second-order valence-electron chi connectivity index (χ2n) is 19.3. The van der Waals surface area contributed by atoms with Crippen molar-refractivity contribution in [2.45, 2.75) is 81.1 Å². The van der Waals surface area contributed by atoms with Crippen LogP contribution in [0.1, 0.15) is 71.2 Å². The zero-order valence-corrected chi connectivity index (χ0v) is 40.4. The SMILES string of the molecule is CCCc1cccc2c1oc1c(N(c3cc(C)c(C)c(C)c3)c3ccc4ccc5c(N(c6cc(C)c(C)c(C)c6)c6cccc7c6oc6c(CCC)cccc67)ccc6ccc3c4c65)cccc12. The smallest absolute Gasteiger partial charge is 0.159 e. The molecule has 0 unspecified atom stereocenters. The van der Waals surface area contributed by atoms with Crippen LogP contribution in [-0.2, 0) is 12.8 Å². The predicted molar refractivity (Wildman–Crippen MR) is 290 cm³/mol. The lowest BCUT2D eigenvalue weighted by Crippen LogP contribution is -2.13. The molecule has 2 aromatic heterocycles. The maximum atomic E-state index is 7.06. The highest BCUT2D eigenvalue weighted by Crippen LogP contribution is 2.51. The molecule has 0 aliphatic rings. The van der Waals surface area contributed by atoms with Crippen molar-refractivity contribution in [2.75, 3.05) is 9.80 Å². The Labute approximate surface area is 398 Å². The summed E-state index contributed by atoms with van der Waals surface area (Å²) in [4.78, 5) is 4.91. The number of fused-ring (bicyclic) bond motifs is 6. The molecule has 0 N–H and O–H groups in total. The summed E-state index contributed by atoms with van der Waals surface area (Å²) in [5.74, 6) is 0. The highest BCUT2D eigenvalue weighted by molar-refractivity contribution is 6.29. The van der Waals surface area contributed by atoms with Crippen molar-refractivity contribution >= 4 is 110 Å². The van der Waals surface area contributed by atoms with Crippen LogP contribution >= 0.6 is 0 Å². The van der Waals surface area contributed by atoms with Crippen LogP contribution in [0.25, 0.3) is 76.2 Å². The summed E-state index contributed by atoms with van der Waals surface area (Å²) >= 11 is 0. The van der Waals surface area contributed by atoms with Crippen LogP contribution in [0, 0.1) is 41.5 Å². The molecule has 0 saturated heterocycles. The van der Waals surface area contributed by atoms with Crippen molar-refractivity contribution in [2.24, 2.45) is 0 Å². The molecule has 2 heterocycles. The van der Waals surface area contributed by atoms with E-state index in [4.69, 9.17) is 8.83 Å². The molecule has 0 saturated carbocycles. The van der Waals surface area contributed by atoms with Crippen LogP contribution in [0.2, 0.25) is 0 Å². The van der Waals surface area contributed by atoms with Gasteiger partial charge in [-0.2, -0.15) is 0 Å². The van der Waals surface area contributed by atoms with E-state index in [1.54, 1.807) is 0 Å². The Hall–Kier alpha value is -7.56. The van der Waals surface area contributed by atoms with Crippen LogP contribution in [0.5, 0.6) is 0 Å². The summed E-state index contributed by atoms with van der Waals surface area (Å²) in [5, 5.41) is 11.9. The standard InChI is InChI=1S/C64H56N2O2/c1-9-15-45-17-11-19-49-51-21-13-23-57(63(51)67-61(45)49)65(47-33-37(3)41(7)38(4)34-47)55-31-27-43-26-30-54-56(32-28-44-25-29-53(55)59(43)60(44)54)66(48-35-39(5)42(8)40(6)36-48)58-24-14-22-52-50-20-12-18-46(16-10-2)62(50)68-64(52)58/h11-14,17-36H,9-10,15-16H2,1-8H3. The van der Waals surface area contributed by atoms with E-state index in [1.807, 2.05) is 0 Å². The highest BCUT2D eigenvalue weighted by Gasteiger charge is 2.27. The first-order valence-corrected chi connectivity index (χ1v) is 24.5. The third kappa shape index (κ3) is 6.34. The van der Waals surface area contributed by atoms with Crippen molar-refractivity contribution in [3.05, 3.63) is 190 Å². The molecule has 0 atom stereocenters. The lowest BCUT2D eigenvalue weighted by molar-refractivity contribution is 0.661. The van der Waals surface area contributed by atoms with Gasteiger partial charge in [-0.3, -0.25) is 0 Å². The maximum Gasteiger partial charge on any atom is 0.159 e. The molecule has 0 radical (unpaired) electrons. The number of aryl methyl sites for hydroxylation is 6. The van der Waals surface area contributed by atoms with Crippen molar-refractivity contribution in [3.63, 3.8) is 0 Å². The second kappa shape index (κ2) is 16.1. The largest absolute Gasteiger partial charge is 0.454 e. The summed E-state index contributed by atoms with van der Waals surface area (Å²) in [6, 6.07) is 54.5. The minimum atomic E-state index is 0.899. The van der Waals surface area contributed by atoms with E-state index in [0.717, 1.165) is 104 Å². The van der Waals surface area contributed by atoms with Gasteiger partial charge in [-0.25, -0.2) is 0 Å². The van der Waals surface area contributed by atoms with Crippen molar-refractivity contribution in [1.29, 1.82) is 0 Å². The van der Waals surface area contributed by atoms with Crippen LogP contribution in [0.3, 0.4) is 0 Å². The Morgan fingerprint density at radius 3 is 1.09 bits per heavy atom. The van der Waals surface area contributed by atoms with Gasteiger partial charge in [0.15, 0.2) is 11.2 Å². The monoisotopic (exact) mass is 884 g/mol. The summed E-state index contributed by atoms with van der Waals surface area (Å²) in [7, 11) is 0. The molecule has 0 fully saturated rings. The number of hydrogen-bond acceptors (Lipinski definition) is 4. The first-order valence-electron chi connectivity index (χ1n) is 24.5. The van der Waals surface area contributed by atoms with Crippen molar-refractivity contribution in [3.8, 4) is 0 Å². The minimum Gasteiger partial charge on any atom is -0.454 e. The summed E-state index contributed by atoms with van der Waals surface area (Å²) in [5.41, 5.74) is 20.4. The van der Waals surface area contributed by atoms with Gasteiger partial charge in [0.2, 0.25) is 0 Å². The van der Waals surface area contributed by atoms with Gasteiger partial charge in [0.1, 0.15) is 11.2 Å². The van der Waals surface area contributed by atoms with Gasteiger partial charge in [0.25, 0.3) is 0 Å². The molecule has 10 aromatic carbocycles. The Bertz CT molecular complexity index is 3670. The maximum absolute atomic E-state index is 7.06. The molecule has 334 valence electrons. The van der Waals surface area contributed by atoms with Gasteiger partial charge >= 0.3 is 0 Å². The molecule has 4 heteroatoms. The van der Waals surface area contributed by atoms with E-state index in [1.165, 1.54) is 76.8 Å². The molecule has 12 rings (SSSR count). The van der Waals surface area contributed by atoms with Crippen molar-refractivity contribution in [1.82, 2.24) is 0 Å². The zero-order chi connectivity index (χ0) is 46.5. The van der Waals surface area contributed by atoms with Gasteiger partial charge < -0.3 is 18.6 Å². The molecule has 0 aliphatic heterocycles. The Morgan fingerprint density at radius 1 is 0.353 bits per heavy atom. The molecule has 4 nitrogen and oxygen atoms in total. The van der Waals surface area contributed by atoms with Gasteiger partial charge in [0.05, 0.1) is 22.7 Å². The van der Waals surface area contributed by atoms with E-state index in [-0.39, 0.29) is 0 Å². The van der Waals surface area contributed by atoms with Gasteiger partial charge in [-0.1, -0.05) is 124 Å². The molecule has 0 amide bonds. The number of furan rings is 2. The fraction of sp³-hybridized carbons (Fsp3) is 0.188. The number of benzene rings is 10. The molecular formula is C64H56N2O2. The molecular weight excluding hydrogens is 829 g/mol. The average molecular weight is 885 g/mol. The minimum absolute atomic E-state index is 0.899. The van der Waals surface area contributed by atoms with Crippen LogP contribution in [0.4, 0.5) is 34.1 Å². The molecule has 12 aromatic rings. The molecule has 0 aliphatic carbocycles. The lowest BCUT2D eigenvalue weighted by atomic mass is 9.91. The quantitative estimate of drug-likeness (QED) is 0.128. The fourth-order valence-electron chi connectivity index (χ4n) is 11.3.